The number of para-hydroxylation sites is 1. The maximum absolute atomic E-state index is 12.8. The highest BCUT2D eigenvalue weighted by Gasteiger charge is 2.17. The van der Waals surface area contributed by atoms with Crippen LogP contribution in [0, 0.1) is 6.92 Å². The summed E-state index contributed by atoms with van der Waals surface area (Å²) in [5.41, 5.74) is 1.89. The van der Waals surface area contributed by atoms with Gasteiger partial charge in [0.05, 0.1) is 5.69 Å². The Morgan fingerprint density at radius 3 is 2.41 bits per heavy atom. The third-order valence-electron chi connectivity index (χ3n) is 3.28. The Morgan fingerprint density at radius 2 is 1.77 bits per heavy atom. The number of halogens is 2. The lowest BCUT2D eigenvalue weighted by atomic mass is 10.0. The van der Waals surface area contributed by atoms with Gasteiger partial charge in [-0.05, 0) is 59.3 Å². The lowest BCUT2D eigenvalue weighted by Crippen LogP contribution is -2.08. The van der Waals surface area contributed by atoms with Gasteiger partial charge in [0.2, 0.25) is 4.73 Å². The van der Waals surface area contributed by atoms with E-state index < -0.39 is 0 Å². The first-order valence-corrected chi connectivity index (χ1v) is 7.72. The topological polar surface area (TPSA) is 47.8 Å². The Kier molecular flexibility index (Phi) is 4.09. The lowest BCUT2D eigenvalue weighted by molar-refractivity contribution is 0.103. The molecular formula is C16H11BrClN3O. The average Bonchev–Trinajstić information content (AvgIpc) is 2.86. The molecule has 0 spiro atoms. The van der Waals surface area contributed by atoms with E-state index in [0.29, 0.717) is 26.7 Å². The smallest absolute Gasteiger partial charge is 0.204 e. The van der Waals surface area contributed by atoms with Gasteiger partial charge >= 0.3 is 0 Å². The van der Waals surface area contributed by atoms with Crippen molar-refractivity contribution in [3.63, 3.8) is 0 Å². The number of ketones is 1. The molecule has 0 aliphatic carbocycles. The first kappa shape index (κ1) is 14.9. The molecule has 6 heteroatoms. The maximum atomic E-state index is 12.8. The van der Waals surface area contributed by atoms with Crippen LogP contribution in [0.25, 0.3) is 5.69 Å². The molecule has 1 aromatic heterocycles. The van der Waals surface area contributed by atoms with Crippen LogP contribution in [0.5, 0.6) is 0 Å². The van der Waals surface area contributed by atoms with Crippen molar-refractivity contribution in [2.24, 2.45) is 0 Å². The van der Waals surface area contributed by atoms with Crippen LogP contribution in [0.15, 0.2) is 53.3 Å². The summed E-state index contributed by atoms with van der Waals surface area (Å²) < 4.78 is 2.35. The van der Waals surface area contributed by atoms with Gasteiger partial charge in [0, 0.05) is 16.1 Å². The second-order valence-electron chi connectivity index (χ2n) is 4.70. The summed E-state index contributed by atoms with van der Waals surface area (Å²) in [6.07, 6.45) is 0. The molecule has 0 fully saturated rings. The molecular weight excluding hydrogens is 366 g/mol. The van der Waals surface area contributed by atoms with Crippen LogP contribution < -0.4 is 0 Å². The molecule has 0 saturated heterocycles. The number of nitrogens with zero attached hydrogens (tertiary/aromatic N) is 3. The summed E-state index contributed by atoms with van der Waals surface area (Å²) in [4.78, 5) is 12.8. The molecule has 22 heavy (non-hydrogen) atoms. The highest BCUT2D eigenvalue weighted by molar-refractivity contribution is 9.10. The Balaban J connectivity index is 2.13. The molecule has 0 aliphatic heterocycles. The van der Waals surface area contributed by atoms with Crippen LogP contribution in [0.4, 0.5) is 0 Å². The monoisotopic (exact) mass is 375 g/mol. The fourth-order valence-corrected chi connectivity index (χ4v) is 2.88. The van der Waals surface area contributed by atoms with E-state index in [1.54, 1.807) is 34.9 Å². The minimum absolute atomic E-state index is 0.0766. The number of hydrogen-bond donors (Lipinski definition) is 0. The van der Waals surface area contributed by atoms with Gasteiger partial charge in [-0.1, -0.05) is 23.7 Å². The maximum Gasteiger partial charge on any atom is 0.204 e. The third kappa shape index (κ3) is 2.69. The van der Waals surface area contributed by atoms with Gasteiger partial charge in [0.15, 0.2) is 5.78 Å². The number of benzene rings is 2. The number of carbonyl (C=O) groups is 1. The summed E-state index contributed by atoms with van der Waals surface area (Å²) in [6, 6.07) is 14.2. The number of aromatic nitrogens is 3. The van der Waals surface area contributed by atoms with E-state index in [0.717, 1.165) is 5.69 Å². The molecule has 0 aliphatic rings. The Bertz CT molecular complexity index is 823. The van der Waals surface area contributed by atoms with E-state index in [1.807, 2.05) is 25.1 Å². The minimum Gasteiger partial charge on any atom is -0.289 e. The minimum atomic E-state index is -0.0766. The van der Waals surface area contributed by atoms with E-state index >= 15 is 0 Å². The van der Waals surface area contributed by atoms with Crippen molar-refractivity contribution < 1.29 is 4.79 Å². The van der Waals surface area contributed by atoms with E-state index in [-0.39, 0.29) is 5.78 Å². The Morgan fingerprint density at radius 1 is 1.09 bits per heavy atom. The van der Waals surface area contributed by atoms with Gasteiger partial charge in [-0.2, -0.15) is 0 Å². The Labute approximate surface area is 140 Å². The van der Waals surface area contributed by atoms with Crippen LogP contribution in [0.2, 0.25) is 5.02 Å². The molecule has 0 atom stereocenters. The lowest BCUT2D eigenvalue weighted by Gasteiger charge is -2.11. The molecule has 110 valence electrons. The van der Waals surface area contributed by atoms with Gasteiger partial charge in [-0.3, -0.25) is 9.36 Å². The summed E-state index contributed by atoms with van der Waals surface area (Å²) >= 11 is 9.24. The third-order valence-corrected chi connectivity index (χ3v) is 4.05. The second-order valence-corrected chi connectivity index (χ2v) is 5.85. The molecule has 0 bridgehead atoms. The van der Waals surface area contributed by atoms with Crippen molar-refractivity contribution in [3.8, 4) is 5.69 Å². The Hall–Kier alpha value is -1.98. The zero-order valence-corrected chi connectivity index (χ0v) is 14.0. The van der Waals surface area contributed by atoms with E-state index in [1.165, 1.54) is 0 Å². The van der Waals surface area contributed by atoms with Gasteiger partial charge < -0.3 is 0 Å². The van der Waals surface area contributed by atoms with E-state index in [9.17, 15) is 4.79 Å². The first-order chi connectivity index (χ1) is 10.6. The quantitative estimate of drug-likeness (QED) is 0.643. The average molecular weight is 377 g/mol. The number of rotatable bonds is 3. The molecule has 0 radical (unpaired) electrons. The zero-order chi connectivity index (χ0) is 15.7. The predicted octanol–water partition coefficient (Wildman–Crippen LogP) is 4.22. The molecule has 1 heterocycles. The van der Waals surface area contributed by atoms with Crippen molar-refractivity contribution in [3.05, 3.63) is 75.2 Å². The van der Waals surface area contributed by atoms with Gasteiger partial charge in [0.1, 0.15) is 5.82 Å². The molecule has 2 aromatic carbocycles. The number of carbonyl (C=O) groups excluding carboxylic acids is 1. The highest BCUT2D eigenvalue weighted by atomic mass is 79.9. The number of aryl methyl sites for hydroxylation is 1. The van der Waals surface area contributed by atoms with Crippen LogP contribution >= 0.6 is 27.5 Å². The van der Waals surface area contributed by atoms with Crippen LogP contribution in [0.3, 0.4) is 0 Å². The van der Waals surface area contributed by atoms with Crippen molar-refractivity contribution >= 4 is 33.3 Å². The fourth-order valence-electron chi connectivity index (χ4n) is 2.23. The zero-order valence-electron chi connectivity index (χ0n) is 11.6. The molecule has 0 N–H and O–H groups in total. The summed E-state index contributed by atoms with van der Waals surface area (Å²) in [5.74, 6) is 0.621. The molecule has 3 rings (SSSR count). The molecule has 0 amide bonds. The molecule has 0 unspecified atom stereocenters. The van der Waals surface area contributed by atoms with E-state index in [4.69, 9.17) is 11.6 Å². The summed E-state index contributed by atoms with van der Waals surface area (Å²) in [6.45, 7) is 1.83. The normalized spacial score (nSPS) is 10.7. The fraction of sp³-hybridized carbons (Fsp3) is 0.0625. The van der Waals surface area contributed by atoms with Crippen molar-refractivity contribution in [1.82, 2.24) is 14.8 Å². The van der Waals surface area contributed by atoms with Gasteiger partial charge in [-0.15, -0.1) is 10.2 Å². The van der Waals surface area contributed by atoms with Crippen LogP contribution in [-0.2, 0) is 0 Å². The molecule has 3 aromatic rings. The van der Waals surface area contributed by atoms with Gasteiger partial charge in [0.25, 0.3) is 0 Å². The largest absolute Gasteiger partial charge is 0.289 e. The van der Waals surface area contributed by atoms with Crippen molar-refractivity contribution in [2.75, 3.05) is 0 Å². The van der Waals surface area contributed by atoms with Crippen LogP contribution in [-0.4, -0.2) is 20.5 Å². The second kappa shape index (κ2) is 6.02. The summed E-state index contributed by atoms with van der Waals surface area (Å²) in [7, 11) is 0. The predicted molar refractivity (Wildman–Crippen MR) is 88.7 cm³/mol. The standard InChI is InChI=1S/C16H11BrClN3O/c1-10-19-20-16(17)21(10)14-5-3-2-4-13(14)15(22)11-6-8-12(18)9-7-11/h2-9H,1H3. The van der Waals surface area contributed by atoms with E-state index in [2.05, 4.69) is 26.1 Å². The van der Waals surface area contributed by atoms with Crippen LogP contribution in [0.1, 0.15) is 21.7 Å². The summed E-state index contributed by atoms with van der Waals surface area (Å²) in [5, 5.41) is 8.59. The molecule has 0 saturated carbocycles. The van der Waals surface area contributed by atoms with Gasteiger partial charge in [-0.25, -0.2) is 0 Å². The highest BCUT2D eigenvalue weighted by Crippen LogP contribution is 2.23. The first-order valence-electron chi connectivity index (χ1n) is 6.55. The van der Waals surface area contributed by atoms with Crippen molar-refractivity contribution in [2.45, 2.75) is 6.92 Å². The molecule has 4 nitrogen and oxygen atoms in total. The SMILES string of the molecule is Cc1nnc(Br)n1-c1ccccc1C(=O)c1ccc(Cl)cc1. The van der Waals surface area contributed by atoms with Crippen molar-refractivity contribution in [1.29, 1.82) is 0 Å². The number of hydrogen-bond acceptors (Lipinski definition) is 3.